The summed E-state index contributed by atoms with van der Waals surface area (Å²) in [5.74, 6) is -0.0407. The minimum Gasteiger partial charge on any atom is -0.497 e. The van der Waals surface area contributed by atoms with Crippen molar-refractivity contribution < 1.29 is 22.7 Å². The van der Waals surface area contributed by atoms with E-state index in [0.717, 1.165) is 5.56 Å². The van der Waals surface area contributed by atoms with E-state index in [-0.39, 0.29) is 11.4 Å². The maximum absolute atomic E-state index is 13.5. The number of hydrogen-bond acceptors (Lipinski definition) is 6. The van der Waals surface area contributed by atoms with Crippen LogP contribution < -0.4 is 10.5 Å². The van der Waals surface area contributed by atoms with Crippen molar-refractivity contribution in [3.05, 3.63) is 60.2 Å². The van der Waals surface area contributed by atoms with Crippen LogP contribution in [0.15, 0.2) is 59.5 Å². The van der Waals surface area contributed by atoms with Crippen LogP contribution in [0.4, 0.5) is 0 Å². The topological polar surface area (TPSA) is 98.9 Å². The quantitative estimate of drug-likeness (QED) is 0.443. The minimum atomic E-state index is -3.97. The van der Waals surface area contributed by atoms with Gasteiger partial charge in [-0.1, -0.05) is 30.3 Å². The number of rotatable bonds is 11. The molecule has 2 rings (SSSR count). The van der Waals surface area contributed by atoms with Gasteiger partial charge in [0.15, 0.2) is 0 Å². The summed E-state index contributed by atoms with van der Waals surface area (Å²) in [6.45, 7) is 0.523. The summed E-state index contributed by atoms with van der Waals surface area (Å²) in [6, 6.07) is 14.3. The number of hydrogen-bond donors (Lipinski definition) is 1. The van der Waals surface area contributed by atoms with E-state index in [1.807, 2.05) is 30.3 Å². The summed E-state index contributed by atoms with van der Waals surface area (Å²) in [7, 11) is -1.20. The molecule has 0 saturated heterocycles. The smallest absolute Gasteiger partial charge is 0.324 e. The molecule has 0 aromatic heterocycles. The number of carbonyl (C=O) groups excluding carboxylic acids is 1. The SMILES string of the molecule is COC(=O)[C@@H](CCCCN)N(Cc1ccccc1)S(=O)(=O)c1ccc(OC)cc1. The summed E-state index contributed by atoms with van der Waals surface area (Å²) < 4.78 is 38.2. The average Bonchev–Trinajstić information content (AvgIpc) is 2.75. The molecule has 0 radical (unpaired) electrons. The summed E-state index contributed by atoms with van der Waals surface area (Å²) in [5, 5.41) is 0. The number of esters is 1. The first-order chi connectivity index (χ1) is 13.9. The second-order valence-corrected chi connectivity index (χ2v) is 8.43. The van der Waals surface area contributed by atoms with Crippen LogP contribution in [0.5, 0.6) is 5.75 Å². The fraction of sp³-hybridized carbons (Fsp3) is 0.381. The molecule has 7 nitrogen and oxygen atoms in total. The van der Waals surface area contributed by atoms with Gasteiger partial charge in [-0.05, 0) is 55.6 Å². The highest BCUT2D eigenvalue weighted by Crippen LogP contribution is 2.26. The standard InChI is InChI=1S/C21H28N2O5S/c1-27-18-11-13-19(14-12-18)29(25,26)23(16-17-8-4-3-5-9-17)20(21(24)28-2)10-6-7-15-22/h3-5,8-9,11-14,20H,6-7,10,15-16,22H2,1-2H3/t20-/m1/s1. The molecule has 0 aliphatic heterocycles. The summed E-state index contributed by atoms with van der Waals surface area (Å²) in [4.78, 5) is 12.6. The molecule has 8 heteroatoms. The molecule has 158 valence electrons. The van der Waals surface area contributed by atoms with E-state index >= 15 is 0 Å². The van der Waals surface area contributed by atoms with Crippen molar-refractivity contribution in [2.45, 2.75) is 36.7 Å². The van der Waals surface area contributed by atoms with Gasteiger partial charge in [-0.25, -0.2) is 8.42 Å². The van der Waals surface area contributed by atoms with Gasteiger partial charge >= 0.3 is 5.97 Å². The van der Waals surface area contributed by atoms with Crippen LogP contribution in [0.25, 0.3) is 0 Å². The van der Waals surface area contributed by atoms with Gasteiger partial charge in [0.25, 0.3) is 0 Å². The Morgan fingerprint density at radius 2 is 1.69 bits per heavy atom. The van der Waals surface area contributed by atoms with Crippen molar-refractivity contribution >= 4 is 16.0 Å². The van der Waals surface area contributed by atoms with Crippen molar-refractivity contribution in [3.63, 3.8) is 0 Å². The van der Waals surface area contributed by atoms with Crippen molar-refractivity contribution in [2.75, 3.05) is 20.8 Å². The number of benzene rings is 2. The lowest BCUT2D eigenvalue weighted by Crippen LogP contribution is -2.45. The molecule has 0 fully saturated rings. The van der Waals surface area contributed by atoms with Crippen LogP contribution in [0.1, 0.15) is 24.8 Å². The third-order valence-corrected chi connectivity index (χ3v) is 6.47. The van der Waals surface area contributed by atoms with Crippen molar-refractivity contribution in [1.82, 2.24) is 4.31 Å². The minimum absolute atomic E-state index is 0.0532. The zero-order valence-electron chi connectivity index (χ0n) is 16.8. The maximum Gasteiger partial charge on any atom is 0.324 e. The van der Waals surface area contributed by atoms with Gasteiger partial charge in [-0.3, -0.25) is 4.79 Å². The number of carbonyl (C=O) groups is 1. The zero-order valence-corrected chi connectivity index (χ0v) is 17.6. The van der Waals surface area contributed by atoms with Crippen molar-refractivity contribution in [2.24, 2.45) is 5.73 Å². The van der Waals surface area contributed by atoms with E-state index in [4.69, 9.17) is 15.2 Å². The van der Waals surface area contributed by atoms with Gasteiger partial charge in [0, 0.05) is 6.54 Å². The molecule has 0 saturated carbocycles. The van der Waals surface area contributed by atoms with Crippen LogP contribution in [0.2, 0.25) is 0 Å². The number of nitrogens with two attached hydrogens (primary N) is 1. The molecule has 2 N–H and O–H groups in total. The number of nitrogens with zero attached hydrogens (tertiary/aromatic N) is 1. The summed E-state index contributed by atoms with van der Waals surface area (Å²) in [6.07, 6.45) is 1.63. The Hall–Kier alpha value is -2.42. The molecule has 0 bridgehead atoms. The monoisotopic (exact) mass is 420 g/mol. The predicted molar refractivity (Wildman–Crippen MR) is 111 cm³/mol. The molecule has 0 spiro atoms. The molecule has 2 aromatic rings. The second kappa shape index (κ2) is 10.9. The highest BCUT2D eigenvalue weighted by Gasteiger charge is 2.36. The molecule has 0 amide bonds. The van der Waals surface area contributed by atoms with E-state index in [0.29, 0.717) is 31.6 Å². The third-order valence-electron chi connectivity index (χ3n) is 4.60. The van der Waals surface area contributed by atoms with E-state index in [2.05, 4.69) is 0 Å². The molecule has 0 aliphatic carbocycles. The van der Waals surface area contributed by atoms with Crippen molar-refractivity contribution in [3.8, 4) is 5.75 Å². The van der Waals surface area contributed by atoms with Crippen LogP contribution in [0.3, 0.4) is 0 Å². The van der Waals surface area contributed by atoms with E-state index in [1.54, 1.807) is 12.1 Å². The van der Waals surface area contributed by atoms with Crippen LogP contribution in [0, 0.1) is 0 Å². The first-order valence-corrected chi connectivity index (χ1v) is 10.9. The molecule has 29 heavy (non-hydrogen) atoms. The van der Waals surface area contributed by atoms with E-state index < -0.39 is 22.0 Å². The van der Waals surface area contributed by atoms with Gasteiger partial charge < -0.3 is 15.2 Å². The molecule has 2 aromatic carbocycles. The molecule has 1 atom stereocenters. The fourth-order valence-electron chi connectivity index (χ4n) is 3.01. The van der Waals surface area contributed by atoms with E-state index in [9.17, 15) is 13.2 Å². The number of ether oxygens (including phenoxy) is 2. The first kappa shape index (κ1) is 22.9. The molecule has 0 heterocycles. The largest absolute Gasteiger partial charge is 0.497 e. The second-order valence-electron chi connectivity index (χ2n) is 6.53. The lowest BCUT2D eigenvalue weighted by molar-refractivity contribution is -0.145. The number of unbranched alkanes of at least 4 members (excludes halogenated alkanes) is 1. The molecule has 0 aliphatic rings. The zero-order chi connectivity index (χ0) is 21.3. The normalized spacial score (nSPS) is 12.6. The van der Waals surface area contributed by atoms with Crippen LogP contribution in [-0.2, 0) is 26.1 Å². The molecule has 0 unspecified atom stereocenters. The van der Waals surface area contributed by atoms with Crippen LogP contribution >= 0.6 is 0 Å². The Kier molecular flexibility index (Phi) is 8.63. The summed E-state index contributed by atoms with van der Waals surface area (Å²) in [5.41, 5.74) is 6.34. The maximum atomic E-state index is 13.5. The highest BCUT2D eigenvalue weighted by atomic mass is 32.2. The van der Waals surface area contributed by atoms with Gasteiger partial charge in [0.05, 0.1) is 19.1 Å². The van der Waals surface area contributed by atoms with Gasteiger partial charge in [-0.2, -0.15) is 4.31 Å². The molecular formula is C21H28N2O5S. The van der Waals surface area contributed by atoms with Gasteiger partial charge in [0.1, 0.15) is 11.8 Å². The Balaban J connectivity index is 2.46. The lowest BCUT2D eigenvalue weighted by Gasteiger charge is -2.29. The number of methoxy groups -OCH3 is 2. The van der Waals surface area contributed by atoms with E-state index in [1.165, 1.54) is 30.7 Å². The Labute approximate surface area is 172 Å². The lowest BCUT2D eigenvalue weighted by atomic mass is 10.1. The predicted octanol–water partition coefficient (Wildman–Crippen LogP) is 2.56. The Morgan fingerprint density at radius 1 is 1.03 bits per heavy atom. The fourth-order valence-corrected chi connectivity index (χ4v) is 4.60. The Morgan fingerprint density at radius 3 is 2.24 bits per heavy atom. The third kappa shape index (κ3) is 6.03. The van der Waals surface area contributed by atoms with Crippen molar-refractivity contribution in [1.29, 1.82) is 0 Å². The van der Waals surface area contributed by atoms with Gasteiger partial charge in [0.2, 0.25) is 10.0 Å². The summed E-state index contributed by atoms with van der Waals surface area (Å²) >= 11 is 0. The van der Waals surface area contributed by atoms with Gasteiger partial charge in [-0.15, -0.1) is 0 Å². The first-order valence-electron chi connectivity index (χ1n) is 9.41. The van der Waals surface area contributed by atoms with Crippen LogP contribution in [-0.4, -0.2) is 45.5 Å². The number of sulfonamides is 1. The average molecular weight is 421 g/mol. The highest BCUT2D eigenvalue weighted by molar-refractivity contribution is 7.89. The molecular weight excluding hydrogens is 392 g/mol. The Bertz CT molecular complexity index is 870.